The van der Waals surface area contributed by atoms with Crippen LogP contribution in [-0.4, -0.2) is 35.8 Å². The zero-order valence-electron chi connectivity index (χ0n) is 18.0. The molecule has 0 aliphatic heterocycles. The van der Waals surface area contributed by atoms with Crippen LogP contribution in [0.5, 0.6) is 0 Å². The second kappa shape index (κ2) is 11.2. The average Bonchev–Trinajstić information content (AvgIpc) is 2.66. The summed E-state index contributed by atoms with van der Waals surface area (Å²) in [6, 6.07) is 9.93. The Kier molecular flexibility index (Phi) is 8.95. The molecule has 1 aromatic carbocycles. The Morgan fingerprint density at radius 1 is 1.16 bits per heavy atom. The van der Waals surface area contributed by atoms with Crippen molar-refractivity contribution in [3.8, 4) is 0 Å². The van der Waals surface area contributed by atoms with Crippen molar-refractivity contribution in [2.75, 3.05) is 18.5 Å². The number of ether oxygens (including phenoxy) is 2. The average molecular weight is 468 g/mol. The first kappa shape index (κ1) is 24.8. The molecule has 2 aromatic rings. The molecule has 168 valence electrons. The van der Waals surface area contributed by atoms with Gasteiger partial charge in [-0.15, -0.1) is 0 Å². The van der Waals surface area contributed by atoms with Crippen molar-refractivity contribution in [2.24, 2.45) is 0 Å². The molecule has 1 aromatic heterocycles. The Bertz CT molecular complexity index is 916. The summed E-state index contributed by atoms with van der Waals surface area (Å²) in [5.74, 6) is -0.180. The highest BCUT2D eigenvalue weighted by Gasteiger charge is 2.21. The van der Waals surface area contributed by atoms with E-state index in [4.69, 9.17) is 32.7 Å². The molecule has 1 heterocycles. The minimum atomic E-state index is -0.625. The second-order valence-corrected chi connectivity index (χ2v) is 8.54. The smallest absolute Gasteiger partial charge is 0.408 e. The number of benzene rings is 1. The summed E-state index contributed by atoms with van der Waals surface area (Å²) >= 11 is 12.1. The maximum absolute atomic E-state index is 12.3. The number of nitrogens with zero attached hydrogens (tertiary/aromatic N) is 1. The summed E-state index contributed by atoms with van der Waals surface area (Å²) in [6.45, 7) is 7.75. The summed E-state index contributed by atoms with van der Waals surface area (Å²) in [7, 11) is 0. The van der Waals surface area contributed by atoms with E-state index in [1.165, 1.54) is 6.07 Å². The van der Waals surface area contributed by atoms with Crippen LogP contribution in [0.3, 0.4) is 0 Å². The summed E-state index contributed by atoms with van der Waals surface area (Å²) in [5.41, 5.74) is 0.482. The van der Waals surface area contributed by atoms with Crippen molar-refractivity contribution in [1.29, 1.82) is 0 Å². The number of halogens is 2. The SMILES string of the molecule is CCOC(=O)c1ccc(Cl)nc1NCC[C@H](NC(=O)OC(C)(C)C)c1cccc(Cl)c1. The van der Waals surface area contributed by atoms with Gasteiger partial charge in [-0.1, -0.05) is 35.3 Å². The van der Waals surface area contributed by atoms with Gasteiger partial charge in [-0.3, -0.25) is 0 Å². The van der Waals surface area contributed by atoms with E-state index in [0.29, 0.717) is 23.8 Å². The number of amides is 1. The van der Waals surface area contributed by atoms with E-state index < -0.39 is 17.7 Å². The van der Waals surface area contributed by atoms with Crippen molar-refractivity contribution in [1.82, 2.24) is 10.3 Å². The molecule has 31 heavy (non-hydrogen) atoms. The molecule has 1 amide bonds. The molecule has 0 spiro atoms. The minimum Gasteiger partial charge on any atom is -0.462 e. The zero-order chi connectivity index (χ0) is 23.0. The van der Waals surface area contributed by atoms with Crippen LogP contribution in [0.25, 0.3) is 0 Å². The van der Waals surface area contributed by atoms with Gasteiger partial charge >= 0.3 is 12.1 Å². The van der Waals surface area contributed by atoms with Gasteiger partial charge in [0.25, 0.3) is 0 Å². The molecule has 0 radical (unpaired) electrons. The number of hydrogen-bond donors (Lipinski definition) is 2. The van der Waals surface area contributed by atoms with E-state index in [1.54, 1.807) is 45.9 Å². The molecule has 0 fully saturated rings. The van der Waals surface area contributed by atoms with Crippen LogP contribution in [-0.2, 0) is 9.47 Å². The number of anilines is 1. The lowest BCUT2D eigenvalue weighted by Gasteiger charge is -2.24. The van der Waals surface area contributed by atoms with E-state index >= 15 is 0 Å². The Morgan fingerprint density at radius 2 is 1.90 bits per heavy atom. The standard InChI is InChI=1S/C22H27Cl2N3O4/c1-5-30-20(28)16-9-10-18(24)27-19(16)25-12-11-17(14-7-6-8-15(23)13-14)26-21(29)31-22(2,3)4/h6-10,13,17H,5,11-12H2,1-4H3,(H,25,27)(H,26,29)/t17-/m0/s1. The van der Waals surface area contributed by atoms with E-state index in [2.05, 4.69) is 15.6 Å². The summed E-state index contributed by atoms with van der Waals surface area (Å²) < 4.78 is 10.5. The third-order valence-electron chi connectivity index (χ3n) is 4.02. The monoisotopic (exact) mass is 467 g/mol. The molecule has 0 bridgehead atoms. The van der Waals surface area contributed by atoms with Crippen LogP contribution in [0.15, 0.2) is 36.4 Å². The summed E-state index contributed by atoms with van der Waals surface area (Å²) in [4.78, 5) is 28.7. The van der Waals surface area contributed by atoms with Gasteiger partial charge in [0.15, 0.2) is 0 Å². The Balaban J connectivity index is 2.14. The van der Waals surface area contributed by atoms with Gasteiger partial charge < -0.3 is 20.1 Å². The largest absolute Gasteiger partial charge is 0.462 e. The number of rotatable bonds is 8. The maximum Gasteiger partial charge on any atom is 0.408 e. The fourth-order valence-corrected chi connectivity index (χ4v) is 3.12. The summed E-state index contributed by atoms with van der Waals surface area (Å²) in [6.07, 6.45) is -0.0682. The van der Waals surface area contributed by atoms with Crippen LogP contribution in [0.2, 0.25) is 10.2 Å². The van der Waals surface area contributed by atoms with E-state index in [0.717, 1.165) is 5.56 Å². The number of pyridine rings is 1. The quantitative estimate of drug-likeness (QED) is 0.385. The van der Waals surface area contributed by atoms with Crippen LogP contribution >= 0.6 is 23.2 Å². The van der Waals surface area contributed by atoms with Crippen LogP contribution in [0.4, 0.5) is 10.6 Å². The van der Waals surface area contributed by atoms with Crippen molar-refractivity contribution in [3.63, 3.8) is 0 Å². The normalized spacial score (nSPS) is 12.1. The van der Waals surface area contributed by atoms with Crippen molar-refractivity contribution in [3.05, 3.63) is 57.7 Å². The van der Waals surface area contributed by atoms with E-state index in [9.17, 15) is 9.59 Å². The number of esters is 1. The van der Waals surface area contributed by atoms with Gasteiger partial charge in [-0.05, 0) is 63.9 Å². The lowest BCUT2D eigenvalue weighted by molar-refractivity contribution is 0.0498. The number of alkyl carbamates (subject to hydrolysis) is 1. The Hall–Kier alpha value is -2.51. The van der Waals surface area contributed by atoms with Gasteiger partial charge in [0.2, 0.25) is 0 Å². The highest BCUT2D eigenvalue weighted by atomic mass is 35.5. The molecule has 7 nitrogen and oxygen atoms in total. The molecule has 0 saturated carbocycles. The Morgan fingerprint density at radius 3 is 2.55 bits per heavy atom. The predicted octanol–water partition coefficient (Wildman–Crippen LogP) is 5.63. The third kappa shape index (κ3) is 8.26. The second-order valence-electron chi connectivity index (χ2n) is 7.72. The van der Waals surface area contributed by atoms with Crippen molar-refractivity contribution >= 4 is 41.1 Å². The molecule has 0 aliphatic rings. The maximum atomic E-state index is 12.3. The summed E-state index contributed by atoms with van der Waals surface area (Å²) in [5, 5.41) is 6.78. The van der Waals surface area contributed by atoms with Crippen molar-refractivity contribution < 1.29 is 19.1 Å². The molecule has 1 atom stereocenters. The molecular weight excluding hydrogens is 441 g/mol. The number of carbonyl (C=O) groups excluding carboxylic acids is 2. The predicted molar refractivity (Wildman–Crippen MR) is 122 cm³/mol. The topological polar surface area (TPSA) is 89.5 Å². The van der Waals surface area contributed by atoms with Crippen LogP contribution in [0, 0.1) is 0 Å². The van der Waals surface area contributed by atoms with Gasteiger partial charge in [-0.25, -0.2) is 14.6 Å². The lowest BCUT2D eigenvalue weighted by atomic mass is 10.0. The van der Waals surface area contributed by atoms with Gasteiger partial charge in [0, 0.05) is 11.6 Å². The molecule has 2 N–H and O–H groups in total. The molecule has 0 aliphatic carbocycles. The first-order valence-electron chi connectivity index (χ1n) is 9.91. The van der Waals surface area contributed by atoms with E-state index in [1.807, 2.05) is 12.1 Å². The number of carbonyl (C=O) groups is 2. The minimum absolute atomic E-state index is 0.244. The Labute approximate surface area is 192 Å². The molecule has 0 saturated heterocycles. The lowest BCUT2D eigenvalue weighted by Crippen LogP contribution is -2.35. The highest BCUT2D eigenvalue weighted by molar-refractivity contribution is 6.30. The number of aromatic nitrogens is 1. The molecule has 2 rings (SSSR count). The van der Waals surface area contributed by atoms with Gasteiger partial charge in [0.05, 0.1) is 12.6 Å². The van der Waals surface area contributed by atoms with Gasteiger partial charge in [-0.2, -0.15) is 0 Å². The highest BCUT2D eigenvalue weighted by Crippen LogP contribution is 2.23. The fraction of sp³-hybridized carbons (Fsp3) is 0.409. The molecule has 0 unspecified atom stereocenters. The first-order valence-corrected chi connectivity index (χ1v) is 10.7. The number of nitrogens with one attached hydrogen (secondary N) is 2. The van der Waals surface area contributed by atoms with Crippen molar-refractivity contribution in [2.45, 2.75) is 45.8 Å². The third-order valence-corrected chi connectivity index (χ3v) is 4.47. The number of hydrogen-bond acceptors (Lipinski definition) is 6. The zero-order valence-corrected chi connectivity index (χ0v) is 19.5. The van der Waals surface area contributed by atoms with Crippen LogP contribution in [0.1, 0.15) is 56.1 Å². The van der Waals surface area contributed by atoms with E-state index in [-0.39, 0.29) is 23.4 Å². The molecule has 9 heteroatoms. The fourth-order valence-electron chi connectivity index (χ4n) is 2.77. The molecular formula is C22H27Cl2N3O4. The van der Waals surface area contributed by atoms with Gasteiger partial charge in [0.1, 0.15) is 22.1 Å². The first-order chi connectivity index (χ1) is 14.6. The van der Waals surface area contributed by atoms with Crippen LogP contribution < -0.4 is 10.6 Å².